The van der Waals surface area contributed by atoms with Crippen LogP contribution in [0.5, 0.6) is 0 Å². The van der Waals surface area contributed by atoms with Crippen LogP contribution in [0.3, 0.4) is 0 Å². The molecule has 0 spiro atoms. The molecule has 0 radical (unpaired) electrons. The summed E-state index contributed by atoms with van der Waals surface area (Å²) in [4.78, 5) is 30.6. The smallest absolute Gasteiger partial charge is 0.193 e. The first-order chi connectivity index (χ1) is 11.3. The van der Waals surface area contributed by atoms with E-state index in [0.717, 1.165) is 11.3 Å². The van der Waals surface area contributed by atoms with Gasteiger partial charge in [-0.05, 0) is 57.3 Å². The minimum atomic E-state index is -0.0115. The third-order valence-corrected chi connectivity index (χ3v) is 4.84. The summed E-state index contributed by atoms with van der Waals surface area (Å²) in [6, 6.07) is 8.36. The summed E-state index contributed by atoms with van der Waals surface area (Å²) in [5, 5.41) is 0. The van der Waals surface area contributed by atoms with E-state index in [2.05, 4.69) is 35.5 Å². The van der Waals surface area contributed by atoms with E-state index in [9.17, 15) is 9.59 Å². The van der Waals surface area contributed by atoms with Crippen molar-refractivity contribution in [2.45, 2.75) is 32.2 Å². The molecule has 0 atom stereocenters. The Morgan fingerprint density at radius 2 is 1.79 bits per heavy atom. The number of aromatic nitrogens is 1. The number of aromatic amines is 1. The van der Waals surface area contributed by atoms with Gasteiger partial charge in [0.25, 0.3) is 0 Å². The third kappa shape index (κ3) is 4.16. The minimum Gasteiger partial charge on any atom is -0.355 e. The van der Waals surface area contributed by atoms with Crippen molar-refractivity contribution in [1.29, 1.82) is 0 Å². The molecule has 5 heteroatoms. The van der Waals surface area contributed by atoms with Crippen LogP contribution in [0.1, 0.15) is 44.6 Å². The van der Waals surface area contributed by atoms with Gasteiger partial charge >= 0.3 is 0 Å². The number of ketones is 2. The van der Waals surface area contributed by atoms with Crippen LogP contribution in [0, 0.1) is 13.8 Å². The second-order valence-electron chi connectivity index (χ2n) is 6.12. The Balaban J connectivity index is 2.06. The van der Waals surface area contributed by atoms with Crippen LogP contribution >= 0.6 is 11.8 Å². The number of thioether (sulfide) groups is 1. The molecule has 2 aromatic rings. The second-order valence-corrected chi connectivity index (χ2v) is 7.00. The summed E-state index contributed by atoms with van der Waals surface area (Å²) in [5.74, 6) is -0.00567. The van der Waals surface area contributed by atoms with E-state index in [4.69, 9.17) is 0 Å². The molecular weight excluding hydrogens is 320 g/mol. The molecule has 4 nitrogen and oxygen atoms in total. The van der Waals surface area contributed by atoms with Gasteiger partial charge < -0.3 is 4.98 Å². The lowest BCUT2D eigenvalue weighted by Gasteiger charge is -2.16. The van der Waals surface area contributed by atoms with Gasteiger partial charge in [0.1, 0.15) is 0 Å². The van der Waals surface area contributed by atoms with Crippen LogP contribution in [0.4, 0.5) is 0 Å². The summed E-state index contributed by atoms with van der Waals surface area (Å²) < 4.78 is 0. The second kappa shape index (κ2) is 7.81. The lowest BCUT2D eigenvalue weighted by molar-refractivity contribution is 0.0938. The van der Waals surface area contributed by atoms with E-state index >= 15 is 0 Å². The van der Waals surface area contributed by atoms with E-state index < -0.39 is 0 Å². The molecule has 2 rings (SSSR count). The number of rotatable bonds is 7. The van der Waals surface area contributed by atoms with Crippen molar-refractivity contribution in [1.82, 2.24) is 9.88 Å². The standard InChI is InChI=1S/C19H24N2O2S/c1-12-18(14(3)22)13(2)20-19(12)17(23)11-21(4)10-15-6-8-16(24-5)9-7-15/h6-9,20H,10-11H2,1-5H3. The van der Waals surface area contributed by atoms with E-state index in [0.29, 0.717) is 24.3 Å². The molecule has 0 aliphatic carbocycles. The highest BCUT2D eigenvalue weighted by atomic mass is 32.2. The maximum Gasteiger partial charge on any atom is 0.193 e. The largest absolute Gasteiger partial charge is 0.355 e. The highest BCUT2D eigenvalue weighted by molar-refractivity contribution is 7.98. The Kier molecular flexibility index (Phi) is 6.02. The Morgan fingerprint density at radius 3 is 2.29 bits per heavy atom. The van der Waals surface area contributed by atoms with Crippen LogP contribution in [0.15, 0.2) is 29.2 Å². The molecule has 0 fully saturated rings. The monoisotopic (exact) mass is 344 g/mol. The number of aryl methyl sites for hydroxylation is 1. The van der Waals surface area contributed by atoms with Gasteiger partial charge in [0.05, 0.1) is 12.2 Å². The topological polar surface area (TPSA) is 53.2 Å². The molecule has 1 heterocycles. The molecule has 0 aliphatic rings. The highest BCUT2D eigenvalue weighted by Gasteiger charge is 2.20. The average molecular weight is 344 g/mol. The fourth-order valence-corrected chi connectivity index (χ4v) is 3.39. The van der Waals surface area contributed by atoms with Crippen molar-refractivity contribution in [2.75, 3.05) is 19.8 Å². The molecule has 24 heavy (non-hydrogen) atoms. The number of carbonyl (C=O) groups is 2. The van der Waals surface area contributed by atoms with Gasteiger partial charge in [-0.3, -0.25) is 14.5 Å². The summed E-state index contributed by atoms with van der Waals surface area (Å²) in [6.45, 7) is 6.20. The van der Waals surface area contributed by atoms with Crippen LogP contribution in [0.25, 0.3) is 0 Å². The van der Waals surface area contributed by atoms with Gasteiger partial charge in [0, 0.05) is 22.7 Å². The zero-order valence-corrected chi connectivity index (χ0v) is 15.7. The van der Waals surface area contributed by atoms with Gasteiger partial charge in [-0.25, -0.2) is 0 Å². The van der Waals surface area contributed by atoms with E-state index in [-0.39, 0.29) is 11.6 Å². The predicted molar refractivity (Wildman–Crippen MR) is 99.2 cm³/mol. The molecule has 1 aromatic carbocycles. The van der Waals surface area contributed by atoms with Crippen LogP contribution in [-0.4, -0.2) is 41.3 Å². The Labute approximate surface area is 147 Å². The normalized spacial score (nSPS) is 11.1. The number of H-pyrrole nitrogens is 1. The van der Waals surface area contributed by atoms with E-state index in [1.165, 1.54) is 17.4 Å². The van der Waals surface area contributed by atoms with Gasteiger partial charge in [-0.15, -0.1) is 11.8 Å². The Bertz CT molecular complexity index is 747. The fourth-order valence-electron chi connectivity index (χ4n) is 2.98. The quantitative estimate of drug-likeness (QED) is 0.612. The molecule has 0 saturated carbocycles. The number of hydrogen-bond donors (Lipinski definition) is 1. The van der Waals surface area contributed by atoms with Crippen molar-refractivity contribution < 1.29 is 9.59 Å². The van der Waals surface area contributed by atoms with Crippen molar-refractivity contribution in [2.24, 2.45) is 0 Å². The van der Waals surface area contributed by atoms with E-state index in [1.807, 2.05) is 25.8 Å². The maximum atomic E-state index is 12.6. The number of nitrogens with zero attached hydrogens (tertiary/aromatic N) is 1. The summed E-state index contributed by atoms with van der Waals surface area (Å²) in [6.07, 6.45) is 2.05. The fraction of sp³-hybridized carbons (Fsp3) is 0.368. The summed E-state index contributed by atoms with van der Waals surface area (Å²) >= 11 is 1.71. The van der Waals surface area contributed by atoms with Crippen molar-refractivity contribution in [3.63, 3.8) is 0 Å². The lowest BCUT2D eigenvalue weighted by Crippen LogP contribution is -2.26. The number of Topliss-reactive ketones (excluding diaryl/α,β-unsaturated/α-hetero) is 2. The first kappa shape index (κ1) is 18.5. The SMILES string of the molecule is CSc1ccc(CN(C)CC(=O)c2[nH]c(C)c(C(C)=O)c2C)cc1. The summed E-state index contributed by atoms with van der Waals surface area (Å²) in [7, 11) is 1.93. The third-order valence-electron chi connectivity index (χ3n) is 4.09. The predicted octanol–water partition coefficient (Wildman–Crippen LogP) is 3.87. The van der Waals surface area contributed by atoms with Crippen LogP contribution in [0.2, 0.25) is 0 Å². The zero-order valence-electron chi connectivity index (χ0n) is 14.9. The first-order valence-electron chi connectivity index (χ1n) is 7.88. The Morgan fingerprint density at radius 1 is 1.17 bits per heavy atom. The van der Waals surface area contributed by atoms with Crippen molar-refractivity contribution in [3.8, 4) is 0 Å². The molecule has 1 N–H and O–H groups in total. The number of likely N-dealkylation sites (N-methyl/N-ethyl adjacent to an activating group) is 1. The van der Waals surface area contributed by atoms with Crippen LogP contribution in [-0.2, 0) is 6.54 Å². The van der Waals surface area contributed by atoms with Gasteiger partial charge in [0.2, 0.25) is 0 Å². The molecular formula is C19H24N2O2S. The molecule has 0 amide bonds. The first-order valence-corrected chi connectivity index (χ1v) is 9.10. The van der Waals surface area contributed by atoms with Gasteiger partial charge in [-0.2, -0.15) is 0 Å². The average Bonchev–Trinajstić information content (AvgIpc) is 2.82. The number of carbonyl (C=O) groups excluding carboxylic acids is 2. The maximum absolute atomic E-state index is 12.6. The molecule has 0 aliphatic heterocycles. The minimum absolute atomic E-state index is 0.00586. The Hall–Kier alpha value is -1.85. The zero-order chi connectivity index (χ0) is 17.9. The molecule has 128 valence electrons. The van der Waals surface area contributed by atoms with Gasteiger partial charge in [0.15, 0.2) is 11.6 Å². The molecule has 0 unspecified atom stereocenters. The summed E-state index contributed by atoms with van der Waals surface area (Å²) in [5.41, 5.74) is 3.87. The van der Waals surface area contributed by atoms with Crippen molar-refractivity contribution in [3.05, 3.63) is 52.3 Å². The number of benzene rings is 1. The molecule has 0 saturated heterocycles. The molecule has 0 bridgehead atoms. The molecule has 1 aromatic heterocycles. The van der Waals surface area contributed by atoms with Crippen LogP contribution < -0.4 is 0 Å². The lowest BCUT2D eigenvalue weighted by atomic mass is 10.1. The number of nitrogens with one attached hydrogen (secondary N) is 1. The van der Waals surface area contributed by atoms with Crippen molar-refractivity contribution >= 4 is 23.3 Å². The van der Waals surface area contributed by atoms with Gasteiger partial charge in [-0.1, -0.05) is 12.1 Å². The van der Waals surface area contributed by atoms with E-state index in [1.54, 1.807) is 11.8 Å². The highest BCUT2D eigenvalue weighted by Crippen LogP contribution is 2.20. The number of hydrogen-bond acceptors (Lipinski definition) is 4.